The number of hydrogen-bond acceptors (Lipinski definition) is 4. The van der Waals surface area contributed by atoms with Gasteiger partial charge in [0.2, 0.25) is 10.0 Å². The summed E-state index contributed by atoms with van der Waals surface area (Å²) in [7, 11) is -3.55. The van der Waals surface area contributed by atoms with Crippen LogP contribution >= 0.6 is 0 Å². The lowest BCUT2D eigenvalue weighted by Crippen LogP contribution is -2.42. The normalized spacial score (nSPS) is 20.4. The second-order valence-electron chi connectivity index (χ2n) is 8.30. The van der Waals surface area contributed by atoms with Crippen LogP contribution in [0.5, 0.6) is 0 Å². The van der Waals surface area contributed by atoms with E-state index in [2.05, 4.69) is 13.8 Å². The highest BCUT2D eigenvalue weighted by Gasteiger charge is 2.31. The maximum absolute atomic E-state index is 12.9. The van der Waals surface area contributed by atoms with Gasteiger partial charge in [-0.05, 0) is 67.5 Å². The Kier molecular flexibility index (Phi) is 6.44. The molecule has 0 aromatic heterocycles. The zero-order chi connectivity index (χ0) is 21.2. The maximum atomic E-state index is 12.9. The Morgan fingerprint density at radius 1 is 1.03 bits per heavy atom. The molecule has 0 amide bonds. The van der Waals surface area contributed by atoms with Crippen molar-refractivity contribution in [1.29, 1.82) is 0 Å². The van der Waals surface area contributed by atoms with Crippen molar-refractivity contribution in [3.05, 3.63) is 64.7 Å². The van der Waals surface area contributed by atoms with E-state index in [-0.39, 0.29) is 11.5 Å². The van der Waals surface area contributed by atoms with Gasteiger partial charge in [-0.2, -0.15) is 4.31 Å². The summed E-state index contributed by atoms with van der Waals surface area (Å²) in [5.41, 5.74) is 3.48. The molecule has 1 saturated heterocycles. The standard InChI is InChI=1S/C23H29NO4S/c1-16-5-6-19(4)21(12-16)15-28-23(25)20-7-9-22(10-8-20)29(26,27)24-13-17(2)11-18(3)14-24/h5-10,12,17-18H,11,13-15H2,1-4H3/t17-,18-/m1/s1. The first-order valence-electron chi connectivity index (χ1n) is 10.0. The second kappa shape index (κ2) is 8.67. The van der Waals surface area contributed by atoms with Gasteiger partial charge in [0.05, 0.1) is 10.5 Å². The van der Waals surface area contributed by atoms with E-state index in [0.717, 1.165) is 23.1 Å². The van der Waals surface area contributed by atoms with Crippen LogP contribution in [0.15, 0.2) is 47.4 Å². The first kappa shape index (κ1) is 21.5. The van der Waals surface area contributed by atoms with Crippen molar-refractivity contribution >= 4 is 16.0 Å². The number of rotatable bonds is 5. The van der Waals surface area contributed by atoms with Gasteiger partial charge >= 0.3 is 5.97 Å². The fourth-order valence-corrected chi connectivity index (χ4v) is 5.58. The van der Waals surface area contributed by atoms with Gasteiger partial charge in [-0.3, -0.25) is 0 Å². The van der Waals surface area contributed by atoms with E-state index >= 15 is 0 Å². The Bertz CT molecular complexity index is 972. The predicted molar refractivity (Wildman–Crippen MR) is 113 cm³/mol. The molecule has 29 heavy (non-hydrogen) atoms. The molecule has 0 bridgehead atoms. The molecule has 2 aromatic rings. The Hall–Kier alpha value is -2.18. The molecule has 0 aliphatic carbocycles. The number of benzene rings is 2. The fraction of sp³-hybridized carbons (Fsp3) is 0.435. The van der Waals surface area contributed by atoms with Crippen molar-refractivity contribution in [3.63, 3.8) is 0 Å². The minimum absolute atomic E-state index is 0.190. The molecule has 1 fully saturated rings. The van der Waals surface area contributed by atoms with E-state index in [1.54, 1.807) is 4.31 Å². The van der Waals surface area contributed by atoms with Crippen molar-refractivity contribution in [2.24, 2.45) is 11.8 Å². The van der Waals surface area contributed by atoms with E-state index in [9.17, 15) is 13.2 Å². The molecule has 0 saturated carbocycles. The number of nitrogens with zero attached hydrogens (tertiary/aromatic N) is 1. The zero-order valence-electron chi connectivity index (χ0n) is 17.5. The van der Waals surface area contributed by atoms with Gasteiger partial charge in [0.25, 0.3) is 0 Å². The second-order valence-corrected chi connectivity index (χ2v) is 10.2. The quantitative estimate of drug-likeness (QED) is 0.682. The fourth-order valence-electron chi connectivity index (χ4n) is 3.90. The van der Waals surface area contributed by atoms with E-state index in [0.29, 0.717) is 30.5 Å². The minimum atomic E-state index is -3.55. The summed E-state index contributed by atoms with van der Waals surface area (Å²) in [6.45, 7) is 9.38. The highest BCUT2D eigenvalue weighted by molar-refractivity contribution is 7.89. The molecular weight excluding hydrogens is 386 g/mol. The molecule has 1 heterocycles. The van der Waals surface area contributed by atoms with Gasteiger partial charge in [-0.15, -0.1) is 0 Å². The number of aryl methyl sites for hydroxylation is 2. The minimum Gasteiger partial charge on any atom is -0.457 e. The Balaban J connectivity index is 1.69. The smallest absolute Gasteiger partial charge is 0.338 e. The highest BCUT2D eigenvalue weighted by atomic mass is 32.2. The third kappa shape index (κ3) is 5.06. The predicted octanol–water partition coefficient (Wildman–Crippen LogP) is 4.33. The zero-order valence-corrected chi connectivity index (χ0v) is 18.3. The number of hydrogen-bond donors (Lipinski definition) is 0. The molecule has 2 atom stereocenters. The first-order valence-corrected chi connectivity index (χ1v) is 11.4. The summed E-state index contributed by atoms with van der Waals surface area (Å²) in [5, 5.41) is 0. The van der Waals surface area contributed by atoms with Crippen molar-refractivity contribution in [2.75, 3.05) is 13.1 Å². The van der Waals surface area contributed by atoms with Crippen LogP contribution in [0.3, 0.4) is 0 Å². The van der Waals surface area contributed by atoms with Crippen LogP contribution in [0, 0.1) is 25.7 Å². The lowest BCUT2D eigenvalue weighted by molar-refractivity contribution is 0.0472. The lowest BCUT2D eigenvalue weighted by Gasteiger charge is -2.34. The van der Waals surface area contributed by atoms with Crippen molar-refractivity contribution < 1.29 is 17.9 Å². The third-order valence-corrected chi connectivity index (χ3v) is 7.27. The van der Waals surface area contributed by atoms with Crippen molar-refractivity contribution in [2.45, 2.75) is 45.6 Å². The number of piperidine rings is 1. The van der Waals surface area contributed by atoms with Crippen LogP contribution < -0.4 is 0 Å². The molecule has 5 nitrogen and oxygen atoms in total. The van der Waals surface area contributed by atoms with Crippen LogP contribution in [-0.2, 0) is 21.4 Å². The van der Waals surface area contributed by atoms with Gasteiger partial charge in [-0.25, -0.2) is 13.2 Å². The molecule has 0 N–H and O–H groups in total. The van der Waals surface area contributed by atoms with Crippen LogP contribution in [0.25, 0.3) is 0 Å². The summed E-state index contributed by atoms with van der Waals surface area (Å²) < 4.78 is 32.9. The molecule has 156 valence electrons. The molecule has 1 aliphatic rings. The Labute approximate surface area is 173 Å². The number of carbonyl (C=O) groups excluding carboxylic acids is 1. The van der Waals surface area contributed by atoms with E-state index in [1.165, 1.54) is 24.3 Å². The largest absolute Gasteiger partial charge is 0.457 e. The Morgan fingerprint density at radius 3 is 2.28 bits per heavy atom. The monoisotopic (exact) mass is 415 g/mol. The number of esters is 1. The van der Waals surface area contributed by atoms with E-state index in [4.69, 9.17) is 4.74 Å². The molecular formula is C23H29NO4S. The van der Waals surface area contributed by atoms with Gasteiger partial charge in [-0.1, -0.05) is 37.6 Å². The van der Waals surface area contributed by atoms with Crippen LogP contribution in [0.4, 0.5) is 0 Å². The summed E-state index contributed by atoms with van der Waals surface area (Å²) >= 11 is 0. The van der Waals surface area contributed by atoms with Gasteiger partial charge in [0, 0.05) is 13.1 Å². The summed E-state index contributed by atoms with van der Waals surface area (Å²) in [4.78, 5) is 12.6. The first-order chi connectivity index (χ1) is 13.7. The highest BCUT2D eigenvalue weighted by Crippen LogP contribution is 2.27. The van der Waals surface area contributed by atoms with Crippen molar-refractivity contribution in [3.8, 4) is 0 Å². The molecule has 0 spiro atoms. The van der Waals surface area contributed by atoms with Gasteiger partial charge < -0.3 is 4.74 Å². The van der Waals surface area contributed by atoms with Gasteiger partial charge in [0.1, 0.15) is 6.61 Å². The topological polar surface area (TPSA) is 63.7 Å². The van der Waals surface area contributed by atoms with E-state index < -0.39 is 16.0 Å². The summed E-state index contributed by atoms with van der Waals surface area (Å²) in [5.74, 6) is 0.218. The number of carbonyl (C=O) groups is 1. The average molecular weight is 416 g/mol. The summed E-state index contributed by atoms with van der Waals surface area (Å²) in [6, 6.07) is 12.1. The SMILES string of the molecule is Cc1ccc(C)c(COC(=O)c2ccc(S(=O)(=O)N3C[C@H](C)C[C@@H](C)C3)cc2)c1. The maximum Gasteiger partial charge on any atom is 0.338 e. The summed E-state index contributed by atoms with van der Waals surface area (Å²) in [6.07, 6.45) is 1.04. The molecule has 3 rings (SSSR count). The van der Waals surface area contributed by atoms with Crippen LogP contribution in [0.1, 0.15) is 47.3 Å². The molecule has 0 radical (unpaired) electrons. The van der Waals surface area contributed by atoms with Crippen LogP contribution in [-0.4, -0.2) is 31.8 Å². The Morgan fingerprint density at radius 2 is 1.66 bits per heavy atom. The molecule has 6 heteroatoms. The lowest BCUT2D eigenvalue weighted by atomic mass is 9.94. The molecule has 0 unspecified atom stereocenters. The van der Waals surface area contributed by atoms with Gasteiger partial charge in [0.15, 0.2) is 0 Å². The molecule has 2 aromatic carbocycles. The van der Waals surface area contributed by atoms with Crippen molar-refractivity contribution in [1.82, 2.24) is 4.31 Å². The van der Waals surface area contributed by atoms with E-state index in [1.807, 2.05) is 32.0 Å². The third-order valence-electron chi connectivity index (χ3n) is 5.43. The number of ether oxygens (including phenoxy) is 1. The average Bonchev–Trinajstić information content (AvgIpc) is 2.67. The number of sulfonamides is 1. The molecule has 1 aliphatic heterocycles. The van der Waals surface area contributed by atoms with Crippen LogP contribution in [0.2, 0.25) is 0 Å².